The van der Waals surface area contributed by atoms with Crippen molar-refractivity contribution in [2.45, 2.75) is 19.2 Å². The van der Waals surface area contributed by atoms with Crippen molar-refractivity contribution in [1.82, 2.24) is 15.0 Å². The van der Waals surface area contributed by atoms with Gasteiger partial charge in [-0.1, -0.05) is 17.8 Å². The van der Waals surface area contributed by atoms with E-state index in [4.69, 9.17) is 10.7 Å². The third-order valence-corrected chi connectivity index (χ3v) is 6.20. The van der Waals surface area contributed by atoms with Crippen molar-refractivity contribution < 1.29 is 4.79 Å². The molecule has 7 nitrogen and oxygen atoms in total. The number of thioether (sulfide) groups is 1. The van der Waals surface area contributed by atoms with Gasteiger partial charge in [-0.05, 0) is 26.0 Å². The van der Waals surface area contributed by atoms with Gasteiger partial charge in [-0.3, -0.25) is 4.79 Å². The second-order valence-electron chi connectivity index (χ2n) is 5.72. The summed E-state index contributed by atoms with van der Waals surface area (Å²) < 4.78 is 0. The molecule has 1 unspecified atom stereocenters. The fourth-order valence-corrected chi connectivity index (χ4v) is 5.05. The van der Waals surface area contributed by atoms with Crippen LogP contribution in [0.4, 0.5) is 5.13 Å². The van der Waals surface area contributed by atoms with Gasteiger partial charge >= 0.3 is 5.69 Å². The summed E-state index contributed by atoms with van der Waals surface area (Å²) in [5.74, 6) is -0.407. The average Bonchev–Trinajstić information content (AvgIpc) is 3.23. The normalized spacial score (nSPS) is 17.7. The fraction of sp³-hybridized carbons (Fsp3) is 0.188. The van der Waals surface area contributed by atoms with Gasteiger partial charge in [0.25, 0.3) is 5.91 Å². The Bertz CT molecular complexity index is 1080. The number of H-pyrrole nitrogens is 2. The van der Waals surface area contributed by atoms with Crippen LogP contribution in [-0.4, -0.2) is 26.2 Å². The van der Waals surface area contributed by atoms with Gasteiger partial charge in [0, 0.05) is 16.6 Å². The Labute approximate surface area is 150 Å². The first kappa shape index (κ1) is 16.0. The van der Waals surface area contributed by atoms with Crippen LogP contribution in [0, 0.1) is 0 Å². The summed E-state index contributed by atoms with van der Waals surface area (Å²) in [6.45, 7) is 3.90. The third-order valence-electron chi connectivity index (χ3n) is 4.08. The van der Waals surface area contributed by atoms with Crippen LogP contribution < -0.4 is 16.3 Å². The zero-order chi connectivity index (χ0) is 17.7. The molecular formula is C16H15N5O2S2. The number of hydrogen-bond donors (Lipinski definition) is 3. The number of imidazole rings is 1. The van der Waals surface area contributed by atoms with Crippen molar-refractivity contribution in [2.24, 2.45) is 5.73 Å². The maximum absolute atomic E-state index is 11.6. The van der Waals surface area contributed by atoms with Gasteiger partial charge in [0.15, 0.2) is 5.13 Å². The molecule has 0 saturated heterocycles. The number of nitrogens with one attached hydrogen (secondary N) is 2. The predicted molar refractivity (Wildman–Crippen MR) is 101 cm³/mol. The standard InChI is InChI=1S/C16H15N5O2S2/c1-7-13(14(17)22)25-8(2)21(7)16-20-12(6-24-16)9-3-4-10-11(5-9)19-15(23)18-10/h3-6,8H,1-2H3,(H2,17,22)(H2,18,19,23). The number of aromatic nitrogens is 3. The third kappa shape index (κ3) is 2.65. The van der Waals surface area contributed by atoms with Crippen LogP contribution in [0.3, 0.4) is 0 Å². The van der Waals surface area contributed by atoms with Gasteiger partial charge in [0.1, 0.15) is 0 Å². The van der Waals surface area contributed by atoms with Crippen molar-refractivity contribution in [2.75, 3.05) is 4.90 Å². The summed E-state index contributed by atoms with van der Waals surface area (Å²) in [5.41, 5.74) is 9.30. The van der Waals surface area contributed by atoms with E-state index in [0.29, 0.717) is 4.91 Å². The van der Waals surface area contributed by atoms with Crippen molar-refractivity contribution in [3.05, 3.63) is 44.7 Å². The Hall–Kier alpha value is -2.52. The smallest absolute Gasteiger partial charge is 0.323 e. The molecule has 4 rings (SSSR count). The minimum absolute atomic E-state index is 0.0602. The number of fused-ring (bicyclic) bond motifs is 1. The zero-order valence-corrected chi connectivity index (χ0v) is 15.1. The summed E-state index contributed by atoms with van der Waals surface area (Å²) in [6.07, 6.45) is 0. The molecule has 9 heteroatoms. The van der Waals surface area contributed by atoms with Crippen LogP contribution in [0.2, 0.25) is 0 Å². The minimum Gasteiger partial charge on any atom is -0.365 e. The Morgan fingerprint density at radius 1 is 1.32 bits per heavy atom. The summed E-state index contributed by atoms with van der Waals surface area (Å²) >= 11 is 2.96. The van der Waals surface area contributed by atoms with Crippen molar-refractivity contribution in [3.8, 4) is 11.3 Å². The van der Waals surface area contributed by atoms with Gasteiger partial charge < -0.3 is 20.6 Å². The molecule has 1 amide bonds. The van der Waals surface area contributed by atoms with Gasteiger partial charge in [-0.2, -0.15) is 0 Å². The second-order valence-corrected chi connectivity index (χ2v) is 7.88. The number of nitrogens with two attached hydrogens (primary N) is 1. The molecule has 1 aliphatic heterocycles. The molecule has 2 aromatic heterocycles. The number of thiazole rings is 1. The number of amides is 1. The SMILES string of the molecule is CC1=C(C(N)=O)SC(C)N1c1nc(-c2ccc3[nH]c(=O)[nH]c3c2)cs1. The van der Waals surface area contributed by atoms with E-state index in [1.54, 1.807) is 0 Å². The lowest BCUT2D eigenvalue weighted by Gasteiger charge is -2.21. The highest BCUT2D eigenvalue weighted by Gasteiger charge is 2.32. The zero-order valence-electron chi connectivity index (χ0n) is 13.5. The van der Waals surface area contributed by atoms with E-state index >= 15 is 0 Å². The number of benzene rings is 1. The van der Waals surface area contributed by atoms with Crippen molar-refractivity contribution in [3.63, 3.8) is 0 Å². The van der Waals surface area contributed by atoms with E-state index in [0.717, 1.165) is 33.1 Å². The fourth-order valence-electron chi connectivity index (χ4n) is 2.93. The van der Waals surface area contributed by atoms with Crippen LogP contribution >= 0.6 is 23.1 Å². The molecular weight excluding hydrogens is 358 g/mol. The number of rotatable bonds is 3. The monoisotopic (exact) mass is 373 g/mol. The molecule has 0 bridgehead atoms. The highest BCUT2D eigenvalue weighted by Crippen LogP contribution is 2.42. The first-order chi connectivity index (χ1) is 11.9. The highest BCUT2D eigenvalue weighted by molar-refractivity contribution is 8.05. The van der Waals surface area contributed by atoms with Gasteiger partial charge in [-0.25, -0.2) is 9.78 Å². The topological polar surface area (TPSA) is 108 Å². The number of primary amides is 1. The summed E-state index contributed by atoms with van der Waals surface area (Å²) in [7, 11) is 0. The Morgan fingerprint density at radius 2 is 2.08 bits per heavy atom. The molecule has 1 atom stereocenters. The maximum atomic E-state index is 11.6. The van der Waals surface area contributed by atoms with E-state index in [1.165, 1.54) is 23.1 Å². The van der Waals surface area contributed by atoms with Gasteiger partial charge in [0.2, 0.25) is 0 Å². The molecule has 25 heavy (non-hydrogen) atoms. The van der Waals surface area contributed by atoms with Gasteiger partial charge in [-0.15, -0.1) is 11.3 Å². The molecule has 1 aromatic carbocycles. The van der Waals surface area contributed by atoms with Crippen LogP contribution in [0.5, 0.6) is 0 Å². The molecule has 3 aromatic rings. The molecule has 0 fully saturated rings. The molecule has 0 radical (unpaired) electrons. The number of carbonyl (C=O) groups excluding carboxylic acids is 1. The van der Waals surface area contributed by atoms with Crippen molar-refractivity contribution >= 4 is 45.2 Å². The quantitative estimate of drug-likeness (QED) is 0.654. The lowest BCUT2D eigenvalue weighted by molar-refractivity contribution is -0.113. The number of carbonyl (C=O) groups is 1. The lowest BCUT2D eigenvalue weighted by atomic mass is 10.1. The molecule has 4 N–H and O–H groups in total. The van der Waals surface area contributed by atoms with Gasteiger partial charge in [0.05, 0.1) is 27.0 Å². The predicted octanol–water partition coefficient (Wildman–Crippen LogP) is 2.60. The second kappa shape index (κ2) is 5.78. The summed E-state index contributed by atoms with van der Waals surface area (Å²) in [4.78, 5) is 35.7. The van der Waals surface area contributed by atoms with Crippen LogP contribution in [0.1, 0.15) is 13.8 Å². The molecule has 1 aliphatic rings. The number of hydrogen-bond acceptors (Lipinski definition) is 6. The first-order valence-electron chi connectivity index (χ1n) is 7.58. The Kier molecular flexibility index (Phi) is 3.69. The van der Waals surface area contributed by atoms with E-state index < -0.39 is 5.91 Å². The number of allylic oxidation sites excluding steroid dienone is 1. The summed E-state index contributed by atoms with van der Waals surface area (Å²) in [6, 6.07) is 5.67. The molecule has 3 heterocycles. The summed E-state index contributed by atoms with van der Waals surface area (Å²) in [5, 5.41) is 2.84. The number of nitrogens with zero attached hydrogens (tertiary/aromatic N) is 2. The Balaban J connectivity index is 1.72. The van der Waals surface area contributed by atoms with Crippen molar-refractivity contribution in [1.29, 1.82) is 0 Å². The van der Waals surface area contributed by atoms with Crippen LogP contribution in [0.25, 0.3) is 22.3 Å². The van der Waals surface area contributed by atoms with E-state index in [2.05, 4.69) is 9.97 Å². The highest BCUT2D eigenvalue weighted by atomic mass is 32.2. The van der Waals surface area contributed by atoms with Crippen LogP contribution in [0.15, 0.2) is 39.0 Å². The molecule has 0 saturated carbocycles. The van der Waals surface area contributed by atoms with Crippen LogP contribution in [-0.2, 0) is 4.79 Å². The minimum atomic E-state index is -0.407. The number of anilines is 1. The largest absolute Gasteiger partial charge is 0.365 e. The lowest BCUT2D eigenvalue weighted by Crippen LogP contribution is -2.24. The molecule has 128 valence electrons. The average molecular weight is 373 g/mol. The number of aromatic amines is 2. The molecule has 0 aliphatic carbocycles. The maximum Gasteiger partial charge on any atom is 0.323 e. The molecule has 0 spiro atoms. The van der Waals surface area contributed by atoms with E-state index in [-0.39, 0.29) is 11.1 Å². The van der Waals surface area contributed by atoms with E-state index in [9.17, 15) is 9.59 Å². The van der Waals surface area contributed by atoms with E-state index in [1.807, 2.05) is 42.3 Å². The Morgan fingerprint density at radius 3 is 2.80 bits per heavy atom. The first-order valence-corrected chi connectivity index (χ1v) is 9.34.